The lowest BCUT2D eigenvalue weighted by molar-refractivity contribution is 0.295. The first kappa shape index (κ1) is 30.2. The van der Waals surface area contributed by atoms with E-state index in [9.17, 15) is 17.2 Å². The lowest BCUT2D eigenvalue weighted by Gasteiger charge is -2.24. The van der Waals surface area contributed by atoms with Gasteiger partial charge in [0.15, 0.2) is 5.13 Å². The lowest BCUT2D eigenvalue weighted by Crippen LogP contribution is -2.35. The first-order chi connectivity index (χ1) is 19.1. The van der Waals surface area contributed by atoms with Crippen LogP contribution in [-0.4, -0.2) is 53.9 Å². The molecule has 1 aliphatic carbocycles. The molecular formula is C26H30ClF3N4O4S2. The minimum atomic E-state index is -4.62. The normalized spacial score (nSPS) is 15.0. The third-order valence-electron chi connectivity index (χ3n) is 6.94. The number of benzene rings is 2. The molecule has 1 saturated carbocycles. The Morgan fingerprint density at radius 1 is 1.20 bits per heavy atom. The summed E-state index contributed by atoms with van der Waals surface area (Å²) in [7, 11) is 0.0203. The van der Waals surface area contributed by atoms with E-state index in [0.29, 0.717) is 41.4 Å². The molecule has 1 heterocycles. The van der Waals surface area contributed by atoms with E-state index in [2.05, 4.69) is 15.6 Å². The molecule has 14 heteroatoms. The number of hydrogen-bond donors (Lipinski definition) is 2. The zero-order chi connectivity index (χ0) is 29.1. The minimum Gasteiger partial charge on any atom is -0.497 e. The number of rotatable bonds is 14. The molecule has 40 heavy (non-hydrogen) atoms. The summed E-state index contributed by atoms with van der Waals surface area (Å²) in [6, 6.07) is 6.68. The molecule has 1 aliphatic rings. The van der Waals surface area contributed by atoms with Crippen molar-refractivity contribution >= 4 is 43.8 Å². The Hall–Kier alpha value is -2.74. The predicted octanol–water partition coefficient (Wildman–Crippen LogP) is 5.63. The Balaban J connectivity index is 1.63. The third-order valence-corrected chi connectivity index (χ3v) is 9.93. The van der Waals surface area contributed by atoms with Crippen molar-refractivity contribution in [3.63, 3.8) is 0 Å². The highest BCUT2D eigenvalue weighted by atomic mass is 35.5. The Labute approximate surface area is 240 Å². The number of anilines is 2. The summed E-state index contributed by atoms with van der Waals surface area (Å²) in [4.78, 5) is 3.18. The van der Waals surface area contributed by atoms with Crippen molar-refractivity contribution in [1.29, 1.82) is 0 Å². The van der Waals surface area contributed by atoms with Crippen LogP contribution < -0.4 is 24.4 Å². The molecule has 1 atom stereocenters. The van der Waals surface area contributed by atoms with Crippen LogP contribution >= 0.6 is 22.9 Å². The summed E-state index contributed by atoms with van der Waals surface area (Å²) >= 11 is 6.90. The predicted molar refractivity (Wildman–Crippen MR) is 150 cm³/mol. The number of alkyl halides is 1. The molecule has 0 radical (unpaired) electrons. The molecule has 0 aliphatic heterocycles. The number of hydrogen-bond acceptors (Lipinski definition) is 8. The molecule has 1 aromatic heterocycles. The van der Waals surface area contributed by atoms with E-state index < -0.39 is 32.5 Å². The van der Waals surface area contributed by atoms with Crippen LogP contribution in [0.4, 0.5) is 24.0 Å². The van der Waals surface area contributed by atoms with E-state index in [1.165, 1.54) is 14.2 Å². The van der Waals surface area contributed by atoms with E-state index in [-0.39, 0.29) is 33.8 Å². The molecule has 0 unspecified atom stereocenters. The fraction of sp³-hybridized carbons (Fsp3) is 0.423. The van der Waals surface area contributed by atoms with Crippen molar-refractivity contribution in [2.24, 2.45) is 5.41 Å². The Kier molecular flexibility index (Phi) is 9.38. The first-order valence-corrected chi connectivity index (χ1v) is 15.0. The molecule has 0 saturated heterocycles. The maximum Gasteiger partial charge on any atom is 0.269 e. The summed E-state index contributed by atoms with van der Waals surface area (Å²) < 4.78 is 81.7. The molecule has 0 amide bonds. The van der Waals surface area contributed by atoms with Crippen LogP contribution in [-0.2, 0) is 16.6 Å². The van der Waals surface area contributed by atoms with Gasteiger partial charge in [-0.1, -0.05) is 22.9 Å². The summed E-state index contributed by atoms with van der Waals surface area (Å²) in [6.45, 7) is -0.403. The molecule has 1 fully saturated rings. The van der Waals surface area contributed by atoms with Gasteiger partial charge < -0.3 is 20.1 Å². The zero-order valence-corrected chi connectivity index (χ0v) is 24.5. The average Bonchev–Trinajstić information content (AvgIpc) is 3.60. The third kappa shape index (κ3) is 6.59. The van der Waals surface area contributed by atoms with Crippen LogP contribution in [0, 0.1) is 16.4 Å². The quantitative estimate of drug-likeness (QED) is 0.242. The molecule has 2 N–H and O–H groups in total. The van der Waals surface area contributed by atoms with Crippen molar-refractivity contribution in [1.82, 2.24) is 10.3 Å². The molecule has 218 valence electrons. The zero-order valence-electron chi connectivity index (χ0n) is 22.1. The summed E-state index contributed by atoms with van der Waals surface area (Å²) in [5.41, 5.74) is 0.285. The highest BCUT2D eigenvalue weighted by Gasteiger charge is 2.44. The molecule has 0 spiro atoms. The smallest absolute Gasteiger partial charge is 0.269 e. The number of methoxy groups -OCH3 is 2. The van der Waals surface area contributed by atoms with Gasteiger partial charge in [0.05, 0.1) is 44.3 Å². The SMILES string of the molecule is CN[C@H](CNc1cc(F)c(S(=O)(=O)N(Cc2ccc(OC)cc2OC)c2ncc(F)s2)cc1Cl)CC1(CF)CC1. The van der Waals surface area contributed by atoms with E-state index in [4.69, 9.17) is 21.1 Å². The van der Waals surface area contributed by atoms with Crippen LogP contribution in [0.2, 0.25) is 5.02 Å². The van der Waals surface area contributed by atoms with Gasteiger partial charge in [-0.3, -0.25) is 4.39 Å². The number of likely N-dealkylation sites (N-methyl/N-ethyl adjacent to an activating group) is 1. The van der Waals surface area contributed by atoms with Crippen LogP contribution in [0.3, 0.4) is 0 Å². The maximum atomic E-state index is 15.4. The molecule has 3 aromatic rings. The van der Waals surface area contributed by atoms with Crippen molar-refractivity contribution in [3.8, 4) is 11.5 Å². The highest BCUT2D eigenvalue weighted by Crippen LogP contribution is 2.50. The summed E-state index contributed by atoms with van der Waals surface area (Å²) in [6.07, 6.45) is 3.14. The average molecular weight is 619 g/mol. The number of halogens is 4. The van der Waals surface area contributed by atoms with Gasteiger partial charge >= 0.3 is 0 Å². The minimum absolute atomic E-state index is 0.0336. The van der Waals surface area contributed by atoms with E-state index in [0.717, 1.165) is 35.5 Å². The maximum absolute atomic E-state index is 15.4. The Bertz CT molecular complexity index is 1450. The summed E-state index contributed by atoms with van der Waals surface area (Å²) in [5.74, 6) is -0.262. The number of nitrogens with one attached hydrogen (secondary N) is 2. The van der Waals surface area contributed by atoms with Crippen LogP contribution in [0.15, 0.2) is 41.4 Å². The molecule has 2 aromatic carbocycles. The molecular weight excluding hydrogens is 589 g/mol. The molecule has 4 rings (SSSR count). The molecule has 0 bridgehead atoms. The topological polar surface area (TPSA) is 92.8 Å². The second kappa shape index (κ2) is 12.4. The van der Waals surface area contributed by atoms with Gasteiger partial charge in [-0.2, -0.15) is 4.39 Å². The number of aromatic nitrogens is 1. The highest BCUT2D eigenvalue weighted by molar-refractivity contribution is 7.93. The summed E-state index contributed by atoms with van der Waals surface area (Å²) in [5, 5.41) is 5.21. The van der Waals surface area contributed by atoms with Gasteiger partial charge in [-0.15, -0.1) is 0 Å². The number of ether oxygens (including phenoxy) is 2. The van der Waals surface area contributed by atoms with Crippen LogP contribution in [0.5, 0.6) is 11.5 Å². The fourth-order valence-corrected chi connectivity index (χ4v) is 6.96. The van der Waals surface area contributed by atoms with Gasteiger partial charge in [-0.05, 0) is 50.6 Å². The largest absolute Gasteiger partial charge is 0.497 e. The van der Waals surface area contributed by atoms with Crippen molar-refractivity contribution in [2.45, 2.75) is 36.7 Å². The fourth-order valence-electron chi connectivity index (χ4n) is 4.34. The van der Waals surface area contributed by atoms with Gasteiger partial charge in [0.1, 0.15) is 22.2 Å². The van der Waals surface area contributed by atoms with Crippen molar-refractivity contribution in [3.05, 3.63) is 58.1 Å². The van der Waals surface area contributed by atoms with Crippen molar-refractivity contribution in [2.75, 3.05) is 44.1 Å². The van der Waals surface area contributed by atoms with Crippen molar-refractivity contribution < 1.29 is 31.1 Å². The second-order valence-electron chi connectivity index (χ2n) is 9.60. The number of thiazole rings is 1. The Morgan fingerprint density at radius 2 is 1.95 bits per heavy atom. The monoisotopic (exact) mass is 618 g/mol. The van der Waals surface area contributed by atoms with Crippen LogP contribution in [0.1, 0.15) is 24.8 Å². The number of nitrogens with zero attached hydrogens (tertiary/aromatic N) is 2. The van der Waals surface area contributed by atoms with Gasteiger partial charge in [-0.25, -0.2) is 22.1 Å². The van der Waals surface area contributed by atoms with Gasteiger partial charge in [0.25, 0.3) is 10.0 Å². The molecule has 8 nitrogen and oxygen atoms in total. The first-order valence-electron chi connectivity index (χ1n) is 12.4. The van der Waals surface area contributed by atoms with Gasteiger partial charge in [0.2, 0.25) is 5.13 Å². The van der Waals surface area contributed by atoms with Gasteiger partial charge in [0, 0.05) is 29.6 Å². The van der Waals surface area contributed by atoms with E-state index >= 15 is 4.39 Å². The second-order valence-corrected chi connectivity index (χ2v) is 12.8. The lowest BCUT2D eigenvalue weighted by atomic mass is 9.98. The van der Waals surface area contributed by atoms with E-state index in [1.807, 2.05) is 0 Å². The number of sulfonamides is 1. The Morgan fingerprint density at radius 3 is 2.52 bits per heavy atom. The standard InChI is InChI=1S/C26H30ClF3N4O4S2/c1-31-17(11-26(15-28)6-7-26)12-32-21-10-20(29)23(9-19(21)27)40(35,36)34(25-33-13-24(30)39-25)14-16-4-5-18(37-2)8-22(16)38-3/h4-5,8-10,13,17,31-32H,6-7,11-12,14-15H2,1-3H3/t17-/m0/s1. The van der Waals surface area contributed by atoms with E-state index in [1.54, 1.807) is 25.2 Å². The van der Waals surface area contributed by atoms with Crippen LogP contribution in [0.25, 0.3) is 0 Å².